The van der Waals surface area contributed by atoms with E-state index in [1.165, 1.54) is 5.56 Å². The van der Waals surface area contributed by atoms with Crippen LogP contribution in [0.1, 0.15) is 11.3 Å². The summed E-state index contributed by atoms with van der Waals surface area (Å²) in [5.74, 6) is 0. The fourth-order valence-electron chi connectivity index (χ4n) is 2.54. The van der Waals surface area contributed by atoms with E-state index in [0.29, 0.717) is 5.69 Å². The Morgan fingerprint density at radius 3 is 2.62 bits per heavy atom. The second-order valence-corrected chi connectivity index (χ2v) is 5.21. The molecule has 1 aromatic heterocycles. The minimum absolute atomic E-state index is 0.0561. The molecule has 0 fully saturated rings. The Morgan fingerprint density at radius 2 is 1.86 bits per heavy atom. The van der Waals surface area contributed by atoms with Crippen molar-refractivity contribution in [1.29, 1.82) is 0 Å². The third-order valence-electron chi connectivity index (χ3n) is 3.66. The fraction of sp³-hybridized carbons (Fsp3) is 0.167. The molecule has 0 aliphatic heterocycles. The van der Waals surface area contributed by atoms with Crippen LogP contribution in [0.2, 0.25) is 0 Å². The first kappa shape index (κ1) is 13.6. The van der Waals surface area contributed by atoms with Gasteiger partial charge in [0.15, 0.2) is 0 Å². The molecule has 0 aliphatic carbocycles. The summed E-state index contributed by atoms with van der Waals surface area (Å²) < 4.78 is 0. The number of aliphatic hydroxyl groups is 1. The Morgan fingerprint density at radius 1 is 1.05 bits per heavy atom. The Balaban J connectivity index is 2.18. The van der Waals surface area contributed by atoms with Gasteiger partial charge in [-0.2, -0.15) is 0 Å². The summed E-state index contributed by atoms with van der Waals surface area (Å²) in [4.78, 5) is 6.61. The van der Waals surface area contributed by atoms with Crippen LogP contribution in [-0.2, 0) is 6.61 Å². The van der Waals surface area contributed by atoms with Gasteiger partial charge in [-0.3, -0.25) is 4.98 Å². The molecule has 3 rings (SSSR count). The molecule has 106 valence electrons. The molecule has 0 bridgehead atoms. The normalized spacial score (nSPS) is 10.8. The van der Waals surface area contributed by atoms with Gasteiger partial charge in [-0.05, 0) is 36.8 Å². The van der Waals surface area contributed by atoms with Crippen molar-refractivity contribution in [2.75, 3.05) is 11.9 Å². The van der Waals surface area contributed by atoms with Crippen LogP contribution in [0.15, 0.2) is 54.6 Å². The fourth-order valence-corrected chi connectivity index (χ4v) is 2.54. The lowest BCUT2D eigenvalue weighted by molar-refractivity contribution is 0.277. The van der Waals surface area contributed by atoms with Gasteiger partial charge in [-0.1, -0.05) is 30.3 Å². The molecule has 0 aliphatic rings. The van der Waals surface area contributed by atoms with Crippen LogP contribution < -0.4 is 4.90 Å². The van der Waals surface area contributed by atoms with Gasteiger partial charge in [0.2, 0.25) is 0 Å². The lowest BCUT2D eigenvalue weighted by Gasteiger charge is -2.22. The van der Waals surface area contributed by atoms with Gasteiger partial charge in [0.25, 0.3) is 0 Å². The summed E-state index contributed by atoms with van der Waals surface area (Å²) in [6, 6.07) is 18.3. The van der Waals surface area contributed by atoms with E-state index >= 15 is 0 Å². The van der Waals surface area contributed by atoms with Crippen LogP contribution in [0.5, 0.6) is 0 Å². The minimum Gasteiger partial charge on any atom is -0.390 e. The van der Waals surface area contributed by atoms with Crippen molar-refractivity contribution in [3.8, 4) is 0 Å². The highest BCUT2D eigenvalue weighted by molar-refractivity contribution is 5.93. The Labute approximate surface area is 124 Å². The molecule has 0 amide bonds. The first-order valence-electron chi connectivity index (χ1n) is 6.99. The van der Waals surface area contributed by atoms with Crippen LogP contribution >= 0.6 is 0 Å². The van der Waals surface area contributed by atoms with Gasteiger partial charge in [-0.25, -0.2) is 0 Å². The number of nitrogens with zero attached hydrogens (tertiary/aromatic N) is 2. The summed E-state index contributed by atoms with van der Waals surface area (Å²) in [5, 5.41) is 10.5. The molecule has 0 spiro atoms. The number of aliphatic hydroxyl groups excluding tert-OH is 1. The van der Waals surface area contributed by atoms with Crippen molar-refractivity contribution in [3.05, 3.63) is 65.9 Å². The number of anilines is 2. The van der Waals surface area contributed by atoms with Crippen LogP contribution in [0.25, 0.3) is 10.9 Å². The van der Waals surface area contributed by atoms with E-state index in [2.05, 4.69) is 47.1 Å². The molecule has 3 aromatic rings. The number of pyridine rings is 1. The van der Waals surface area contributed by atoms with Crippen molar-refractivity contribution < 1.29 is 5.11 Å². The van der Waals surface area contributed by atoms with Crippen molar-refractivity contribution in [2.45, 2.75) is 13.5 Å². The highest BCUT2D eigenvalue weighted by Crippen LogP contribution is 2.31. The van der Waals surface area contributed by atoms with E-state index in [1.807, 2.05) is 31.3 Å². The SMILES string of the molecule is Cc1cccc(N(C)c2cc(CO)nc3ccccc23)c1. The molecule has 0 atom stereocenters. The van der Waals surface area contributed by atoms with E-state index in [4.69, 9.17) is 0 Å². The van der Waals surface area contributed by atoms with Crippen LogP contribution in [0.4, 0.5) is 11.4 Å². The monoisotopic (exact) mass is 278 g/mol. The largest absolute Gasteiger partial charge is 0.390 e. The Bertz CT molecular complexity index is 783. The highest BCUT2D eigenvalue weighted by atomic mass is 16.3. The number of hydrogen-bond acceptors (Lipinski definition) is 3. The lowest BCUT2D eigenvalue weighted by Crippen LogP contribution is -2.11. The predicted molar refractivity (Wildman–Crippen MR) is 86.9 cm³/mol. The average Bonchev–Trinajstić information content (AvgIpc) is 2.53. The molecule has 2 aromatic carbocycles. The number of aryl methyl sites for hydroxylation is 1. The third-order valence-corrected chi connectivity index (χ3v) is 3.66. The third kappa shape index (κ3) is 2.60. The highest BCUT2D eigenvalue weighted by Gasteiger charge is 2.11. The van der Waals surface area contributed by atoms with E-state index in [-0.39, 0.29) is 6.61 Å². The average molecular weight is 278 g/mol. The molecule has 1 heterocycles. The number of hydrogen-bond donors (Lipinski definition) is 1. The molecule has 0 saturated heterocycles. The second-order valence-electron chi connectivity index (χ2n) is 5.21. The molecular weight excluding hydrogens is 260 g/mol. The number of aromatic nitrogens is 1. The van der Waals surface area contributed by atoms with Gasteiger partial charge in [0, 0.05) is 18.1 Å². The lowest BCUT2D eigenvalue weighted by atomic mass is 10.1. The van der Waals surface area contributed by atoms with Crippen LogP contribution in [0.3, 0.4) is 0 Å². The summed E-state index contributed by atoms with van der Waals surface area (Å²) >= 11 is 0. The summed E-state index contributed by atoms with van der Waals surface area (Å²) in [7, 11) is 2.04. The maximum Gasteiger partial charge on any atom is 0.0854 e. The maximum absolute atomic E-state index is 9.44. The van der Waals surface area contributed by atoms with Crippen molar-refractivity contribution >= 4 is 22.3 Å². The van der Waals surface area contributed by atoms with Crippen molar-refractivity contribution in [1.82, 2.24) is 4.98 Å². The summed E-state index contributed by atoms with van der Waals surface area (Å²) in [6.07, 6.45) is 0. The van der Waals surface area contributed by atoms with Gasteiger partial charge in [0.1, 0.15) is 0 Å². The van der Waals surface area contributed by atoms with Gasteiger partial charge in [0.05, 0.1) is 23.5 Å². The van der Waals surface area contributed by atoms with Crippen molar-refractivity contribution in [2.24, 2.45) is 0 Å². The Hall–Kier alpha value is -2.39. The zero-order valence-corrected chi connectivity index (χ0v) is 12.2. The number of fused-ring (bicyclic) bond motifs is 1. The summed E-state index contributed by atoms with van der Waals surface area (Å²) in [5.41, 5.74) is 4.98. The van der Waals surface area contributed by atoms with Crippen LogP contribution in [-0.4, -0.2) is 17.1 Å². The molecule has 0 saturated carbocycles. The zero-order valence-electron chi connectivity index (χ0n) is 12.2. The second kappa shape index (κ2) is 5.54. The maximum atomic E-state index is 9.44. The smallest absolute Gasteiger partial charge is 0.0854 e. The zero-order chi connectivity index (χ0) is 14.8. The Kier molecular flexibility index (Phi) is 3.59. The number of para-hydroxylation sites is 1. The van der Waals surface area contributed by atoms with Gasteiger partial charge < -0.3 is 10.0 Å². The molecule has 3 nitrogen and oxygen atoms in total. The standard InChI is InChI=1S/C18H18N2O/c1-13-6-5-7-15(10-13)20(2)18-11-14(12-21)19-17-9-4-3-8-16(17)18/h3-11,21H,12H2,1-2H3. The predicted octanol–water partition coefficient (Wildman–Crippen LogP) is 3.80. The first-order chi connectivity index (χ1) is 10.2. The number of benzene rings is 2. The van der Waals surface area contributed by atoms with Gasteiger partial charge >= 0.3 is 0 Å². The first-order valence-corrected chi connectivity index (χ1v) is 6.99. The number of rotatable bonds is 3. The molecular formula is C18H18N2O. The van der Waals surface area contributed by atoms with Crippen molar-refractivity contribution in [3.63, 3.8) is 0 Å². The van der Waals surface area contributed by atoms with E-state index in [0.717, 1.165) is 22.3 Å². The molecule has 0 radical (unpaired) electrons. The minimum atomic E-state index is -0.0561. The van der Waals surface area contributed by atoms with Gasteiger partial charge in [-0.15, -0.1) is 0 Å². The molecule has 1 N–H and O–H groups in total. The molecule has 21 heavy (non-hydrogen) atoms. The quantitative estimate of drug-likeness (QED) is 0.791. The topological polar surface area (TPSA) is 36.4 Å². The van der Waals surface area contributed by atoms with E-state index in [9.17, 15) is 5.11 Å². The summed E-state index contributed by atoms with van der Waals surface area (Å²) in [6.45, 7) is 2.03. The molecule has 3 heteroatoms. The molecule has 0 unspecified atom stereocenters. The van der Waals surface area contributed by atoms with E-state index in [1.54, 1.807) is 0 Å². The van der Waals surface area contributed by atoms with Crippen LogP contribution in [0, 0.1) is 6.92 Å². The van der Waals surface area contributed by atoms with E-state index < -0.39 is 0 Å².